The first-order valence-corrected chi connectivity index (χ1v) is 10.9. The van der Waals surface area contributed by atoms with Crippen molar-refractivity contribution in [1.29, 1.82) is 0 Å². The fraction of sp³-hybridized carbons (Fsp3) is 0.300. The van der Waals surface area contributed by atoms with Gasteiger partial charge in [-0.25, -0.2) is 8.42 Å². The Morgan fingerprint density at radius 3 is 2.59 bits per heavy atom. The number of hydrogen-bond acceptors (Lipinski definition) is 4. The third kappa shape index (κ3) is 4.22. The van der Waals surface area contributed by atoms with E-state index in [1.165, 1.54) is 4.90 Å². The van der Waals surface area contributed by atoms with E-state index in [0.29, 0.717) is 28.4 Å². The maximum Gasteiger partial charge on any atom is 0.249 e. The quantitative estimate of drug-likeness (QED) is 0.764. The molecule has 0 fully saturated rings. The molecule has 0 N–H and O–H groups in total. The molecule has 0 saturated heterocycles. The average molecular weight is 405 g/mol. The average Bonchev–Trinajstić information content (AvgIpc) is 2.73. The van der Waals surface area contributed by atoms with Gasteiger partial charge in [0.25, 0.3) is 0 Å². The van der Waals surface area contributed by atoms with E-state index >= 15 is 0 Å². The molecular formula is C20H21ClN2O3S. The van der Waals surface area contributed by atoms with Crippen LogP contribution in [0, 0.1) is 6.92 Å². The predicted octanol–water partition coefficient (Wildman–Crippen LogP) is 3.61. The van der Waals surface area contributed by atoms with Crippen molar-refractivity contribution in [2.45, 2.75) is 20.3 Å². The largest absolute Gasteiger partial charge is 0.295 e. The normalized spacial score (nSPS) is 14.6. The molecule has 0 spiro atoms. The molecule has 142 valence electrons. The summed E-state index contributed by atoms with van der Waals surface area (Å²) in [6.07, 6.45) is 0.503. The third-order valence-corrected chi connectivity index (χ3v) is 6.34. The lowest BCUT2D eigenvalue weighted by atomic mass is 9.97. The molecule has 0 radical (unpaired) electrons. The highest BCUT2D eigenvalue weighted by atomic mass is 35.5. The van der Waals surface area contributed by atoms with Gasteiger partial charge in [0.2, 0.25) is 5.91 Å². The smallest absolute Gasteiger partial charge is 0.249 e. The molecule has 0 atom stereocenters. The van der Waals surface area contributed by atoms with Gasteiger partial charge in [-0.15, -0.1) is 0 Å². The van der Waals surface area contributed by atoms with Crippen molar-refractivity contribution in [3.63, 3.8) is 0 Å². The van der Waals surface area contributed by atoms with Crippen LogP contribution in [0.15, 0.2) is 47.5 Å². The van der Waals surface area contributed by atoms with Gasteiger partial charge in [-0.05, 0) is 37.1 Å². The summed E-state index contributed by atoms with van der Waals surface area (Å²) in [7, 11) is -3.40. The Balaban J connectivity index is 2.15. The lowest BCUT2D eigenvalue weighted by Crippen LogP contribution is -2.37. The van der Waals surface area contributed by atoms with Crippen molar-refractivity contribution in [2.24, 2.45) is 4.99 Å². The maximum atomic E-state index is 12.7. The van der Waals surface area contributed by atoms with E-state index in [-0.39, 0.29) is 24.1 Å². The van der Waals surface area contributed by atoms with Crippen LogP contribution in [0.4, 0.5) is 5.69 Å². The molecule has 27 heavy (non-hydrogen) atoms. The van der Waals surface area contributed by atoms with Crippen LogP contribution in [-0.2, 0) is 14.6 Å². The summed E-state index contributed by atoms with van der Waals surface area (Å²) in [6, 6.07) is 12.8. The number of amides is 1. The van der Waals surface area contributed by atoms with E-state index < -0.39 is 9.84 Å². The van der Waals surface area contributed by atoms with Crippen LogP contribution >= 0.6 is 11.6 Å². The molecule has 1 aliphatic heterocycles. The molecule has 0 saturated carbocycles. The van der Waals surface area contributed by atoms with Crippen LogP contribution in [0.5, 0.6) is 0 Å². The number of hydrogen-bond donors (Lipinski definition) is 0. The predicted molar refractivity (Wildman–Crippen MR) is 110 cm³/mol. The fourth-order valence-corrected chi connectivity index (χ4v) is 4.77. The van der Waals surface area contributed by atoms with Crippen molar-refractivity contribution in [3.8, 4) is 0 Å². The number of sulfone groups is 1. The monoisotopic (exact) mass is 404 g/mol. The fourth-order valence-electron chi connectivity index (χ4n) is 3.17. The van der Waals surface area contributed by atoms with Gasteiger partial charge in [0, 0.05) is 16.1 Å². The Morgan fingerprint density at radius 1 is 1.15 bits per heavy atom. The number of carbonyl (C=O) groups excluding carboxylic acids is 1. The first-order chi connectivity index (χ1) is 12.8. The molecule has 3 rings (SSSR count). The number of benzodiazepines with no additional fused rings is 1. The SMILES string of the molecule is CCCS(=O)(=O)CN1C(=O)CN=C(c2ccccc2C)c2cc(Cl)ccc21. The van der Waals surface area contributed by atoms with Crippen molar-refractivity contribution in [2.75, 3.05) is 23.1 Å². The first-order valence-electron chi connectivity index (χ1n) is 8.73. The van der Waals surface area contributed by atoms with Crippen molar-refractivity contribution in [1.82, 2.24) is 0 Å². The number of rotatable bonds is 5. The minimum atomic E-state index is -3.40. The zero-order valence-corrected chi connectivity index (χ0v) is 16.8. The Hall–Kier alpha value is -2.18. The van der Waals surface area contributed by atoms with E-state index in [4.69, 9.17) is 11.6 Å². The number of nitrogens with zero attached hydrogens (tertiary/aromatic N) is 2. The molecule has 1 heterocycles. The van der Waals surface area contributed by atoms with Crippen LogP contribution in [0.1, 0.15) is 30.0 Å². The topological polar surface area (TPSA) is 66.8 Å². The number of benzene rings is 2. The Bertz CT molecular complexity index is 1020. The molecule has 1 amide bonds. The maximum absolute atomic E-state index is 12.7. The summed E-state index contributed by atoms with van der Waals surface area (Å²) in [5.41, 5.74) is 3.74. The van der Waals surface area contributed by atoms with E-state index in [9.17, 15) is 13.2 Å². The molecule has 7 heteroatoms. The second kappa shape index (κ2) is 7.82. The number of fused-ring (bicyclic) bond motifs is 1. The zero-order valence-electron chi connectivity index (χ0n) is 15.3. The lowest BCUT2D eigenvalue weighted by Gasteiger charge is -2.23. The summed E-state index contributed by atoms with van der Waals surface area (Å²) >= 11 is 6.21. The first kappa shape index (κ1) is 19.6. The third-order valence-electron chi connectivity index (χ3n) is 4.42. The van der Waals surface area contributed by atoms with Gasteiger partial charge in [-0.1, -0.05) is 42.8 Å². The molecular weight excluding hydrogens is 384 g/mol. The molecule has 2 aromatic rings. The number of aryl methyl sites for hydroxylation is 1. The Labute approximate surface area is 164 Å². The van der Waals surface area contributed by atoms with Crippen LogP contribution in [-0.4, -0.2) is 38.2 Å². The van der Waals surface area contributed by atoms with Crippen LogP contribution < -0.4 is 4.90 Å². The van der Waals surface area contributed by atoms with E-state index in [1.54, 1.807) is 25.1 Å². The van der Waals surface area contributed by atoms with E-state index in [2.05, 4.69) is 4.99 Å². The second-order valence-electron chi connectivity index (χ2n) is 6.54. The van der Waals surface area contributed by atoms with Gasteiger partial charge >= 0.3 is 0 Å². The zero-order chi connectivity index (χ0) is 19.6. The molecule has 0 aliphatic carbocycles. The summed E-state index contributed by atoms with van der Waals surface area (Å²) < 4.78 is 24.8. The number of halogens is 1. The van der Waals surface area contributed by atoms with Gasteiger partial charge in [-0.2, -0.15) is 0 Å². The highest BCUT2D eigenvalue weighted by Gasteiger charge is 2.29. The van der Waals surface area contributed by atoms with Gasteiger partial charge < -0.3 is 0 Å². The van der Waals surface area contributed by atoms with E-state index in [1.807, 2.05) is 31.2 Å². The van der Waals surface area contributed by atoms with Crippen molar-refractivity contribution < 1.29 is 13.2 Å². The van der Waals surface area contributed by atoms with Gasteiger partial charge in [-0.3, -0.25) is 14.7 Å². The highest BCUT2D eigenvalue weighted by molar-refractivity contribution is 7.91. The van der Waals surface area contributed by atoms with Crippen molar-refractivity contribution >= 4 is 38.7 Å². The molecule has 5 nitrogen and oxygen atoms in total. The number of anilines is 1. The van der Waals surface area contributed by atoms with Gasteiger partial charge in [0.1, 0.15) is 12.4 Å². The molecule has 1 aliphatic rings. The Kier molecular flexibility index (Phi) is 5.67. The summed E-state index contributed by atoms with van der Waals surface area (Å²) in [6.45, 7) is 3.66. The van der Waals surface area contributed by atoms with Gasteiger partial charge in [0.15, 0.2) is 9.84 Å². The summed E-state index contributed by atoms with van der Waals surface area (Å²) in [5.74, 6) is -0.669. The molecule has 2 aromatic carbocycles. The van der Waals surface area contributed by atoms with Gasteiger partial charge in [0.05, 0.1) is 17.2 Å². The minimum absolute atomic E-state index is 0.0329. The standard InChI is InChI=1S/C20H21ClN2O3S/c1-3-10-27(25,26)13-23-18-9-8-15(21)11-17(18)20(22-12-19(23)24)16-7-5-4-6-14(16)2/h4-9,11H,3,10,12-13H2,1-2H3. The van der Waals surface area contributed by atoms with Crippen LogP contribution in [0.2, 0.25) is 5.02 Å². The minimum Gasteiger partial charge on any atom is -0.295 e. The highest BCUT2D eigenvalue weighted by Crippen LogP contribution is 2.30. The van der Waals surface area contributed by atoms with Crippen LogP contribution in [0.3, 0.4) is 0 Å². The summed E-state index contributed by atoms with van der Waals surface area (Å²) in [4.78, 5) is 18.6. The van der Waals surface area contributed by atoms with E-state index in [0.717, 1.165) is 11.1 Å². The number of carbonyl (C=O) groups is 1. The van der Waals surface area contributed by atoms with Crippen molar-refractivity contribution in [3.05, 3.63) is 64.2 Å². The number of aliphatic imine (C=N–C) groups is 1. The Morgan fingerprint density at radius 2 is 1.89 bits per heavy atom. The lowest BCUT2D eigenvalue weighted by molar-refractivity contribution is -0.117. The summed E-state index contributed by atoms with van der Waals surface area (Å²) in [5, 5.41) is 0.501. The molecule has 0 unspecified atom stereocenters. The van der Waals surface area contributed by atoms with Crippen LogP contribution in [0.25, 0.3) is 0 Å². The molecule has 0 aromatic heterocycles. The molecule has 0 bridgehead atoms. The second-order valence-corrected chi connectivity index (χ2v) is 9.13.